The maximum absolute atomic E-state index is 5.81. The molecule has 4 unspecified atom stereocenters. The number of hydrogen-bond acceptors (Lipinski definition) is 2. The Kier molecular flexibility index (Phi) is 4.23. The molecule has 0 saturated heterocycles. The van der Waals surface area contributed by atoms with Crippen LogP contribution in [0.4, 0.5) is 5.69 Å². The van der Waals surface area contributed by atoms with E-state index in [-0.39, 0.29) is 0 Å². The number of nitrogens with one attached hydrogen (secondary N) is 1. The third kappa shape index (κ3) is 3.42. The van der Waals surface area contributed by atoms with Gasteiger partial charge < -0.3 is 10.1 Å². The summed E-state index contributed by atoms with van der Waals surface area (Å²) >= 11 is 0. The average molecular weight is 285 g/mol. The Bertz CT molecular complexity index is 508. The molecule has 0 aromatic heterocycles. The number of benzene rings is 1. The van der Waals surface area contributed by atoms with Crippen molar-refractivity contribution >= 4 is 5.69 Å². The van der Waals surface area contributed by atoms with Gasteiger partial charge in [-0.25, -0.2) is 0 Å². The minimum atomic E-state index is 0.519. The Hall–Kier alpha value is -1.44. The smallest absolute Gasteiger partial charge is 0.121 e. The molecule has 1 aromatic carbocycles. The van der Waals surface area contributed by atoms with Crippen molar-refractivity contribution in [2.45, 2.75) is 39.7 Å². The quantitative estimate of drug-likeness (QED) is 0.763. The SMILES string of the molecule is CC(C)COc1cccc(NC(C)C2CC3C=CC2C3)c1. The second kappa shape index (κ2) is 6.13. The van der Waals surface area contributed by atoms with Gasteiger partial charge in [0.05, 0.1) is 6.61 Å². The van der Waals surface area contributed by atoms with Crippen LogP contribution in [-0.2, 0) is 0 Å². The van der Waals surface area contributed by atoms with Gasteiger partial charge in [-0.3, -0.25) is 0 Å². The molecule has 0 radical (unpaired) electrons. The first-order valence-corrected chi connectivity index (χ1v) is 8.29. The normalized spacial score (nSPS) is 28.1. The summed E-state index contributed by atoms with van der Waals surface area (Å²) < 4.78 is 5.81. The summed E-state index contributed by atoms with van der Waals surface area (Å²) in [5.41, 5.74) is 1.18. The number of rotatable bonds is 6. The molecule has 1 fully saturated rings. The number of fused-ring (bicyclic) bond motifs is 2. The molecule has 0 amide bonds. The Morgan fingerprint density at radius 3 is 2.71 bits per heavy atom. The molecular weight excluding hydrogens is 258 g/mol. The molecular formula is C19H27NO. The zero-order chi connectivity index (χ0) is 14.8. The van der Waals surface area contributed by atoms with Crippen molar-refractivity contribution in [3.8, 4) is 5.75 Å². The fraction of sp³-hybridized carbons (Fsp3) is 0.579. The van der Waals surface area contributed by atoms with Crippen LogP contribution >= 0.6 is 0 Å². The van der Waals surface area contributed by atoms with E-state index in [1.54, 1.807) is 0 Å². The summed E-state index contributed by atoms with van der Waals surface area (Å²) in [5.74, 6) is 3.93. The lowest BCUT2D eigenvalue weighted by Crippen LogP contribution is -2.28. The van der Waals surface area contributed by atoms with Crippen molar-refractivity contribution in [1.29, 1.82) is 0 Å². The van der Waals surface area contributed by atoms with Gasteiger partial charge in [-0.15, -0.1) is 0 Å². The van der Waals surface area contributed by atoms with Crippen molar-refractivity contribution in [1.82, 2.24) is 0 Å². The Morgan fingerprint density at radius 1 is 1.19 bits per heavy atom. The van der Waals surface area contributed by atoms with E-state index in [4.69, 9.17) is 4.74 Å². The Labute approximate surface area is 128 Å². The maximum atomic E-state index is 5.81. The van der Waals surface area contributed by atoms with Crippen molar-refractivity contribution < 1.29 is 4.74 Å². The molecule has 2 nitrogen and oxygen atoms in total. The van der Waals surface area contributed by atoms with Crippen LogP contribution in [0.3, 0.4) is 0 Å². The van der Waals surface area contributed by atoms with Crippen LogP contribution < -0.4 is 10.1 Å². The van der Waals surface area contributed by atoms with Gasteiger partial charge >= 0.3 is 0 Å². The van der Waals surface area contributed by atoms with Gasteiger partial charge in [-0.05, 0) is 55.6 Å². The van der Waals surface area contributed by atoms with Crippen LogP contribution in [-0.4, -0.2) is 12.6 Å². The van der Waals surface area contributed by atoms with E-state index in [9.17, 15) is 0 Å². The van der Waals surface area contributed by atoms with Gasteiger partial charge in [0.15, 0.2) is 0 Å². The summed E-state index contributed by atoms with van der Waals surface area (Å²) in [4.78, 5) is 0. The molecule has 3 rings (SSSR count). The van der Waals surface area contributed by atoms with Gasteiger partial charge in [0.25, 0.3) is 0 Å². The molecule has 21 heavy (non-hydrogen) atoms. The monoisotopic (exact) mass is 285 g/mol. The van der Waals surface area contributed by atoms with E-state index in [1.807, 2.05) is 6.07 Å². The lowest BCUT2D eigenvalue weighted by molar-refractivity contribution is 0.271. The molecule has 114 valence electrons. The first-order chi connectivity index (χ1) is 10.1. The molecule has 1 aromatic rings. The van der Waals surface area contributed by atoms with E-state index < -0.39 is 0 Å². The van der Waals surface area contributed by atoms with Crippen LogP contribution in [0.15, 0.2) is 36.4 Å². The number of anilines is 1. The molecule has 2 bridgehead atoms. The molecule has 2 aliphatic carbocycles. The first-order valence-electron chi connectivity index (χ1n) is 8.29. The average Bonchev–Trinajstić information content (AvgIpc) is 3.08. The highest BCUT2D eigenvalue weighted by Crippen LogP contribution is 2.45. The van der Waals surface area contributed by atoms with Crippen molar-refractivity contribution in [2.24, 2.45) is 23.7 Å². The van der Waals surface area contributed by atoms with Gasteiger partial charge in [0.2, 0.25) is 0 Å². The number of hydrogen-bond donors (Lipinski definition) is 1. The highest BCUT2D eigenvalue weighted by molar-refractivity contribution is 5.49. The highest BCUT2D eigenvalue weighted by Gasteiger charge is 2.38. The number of allylic oxidation sites excluding steroid dienone is 2. The van der Waals surface area contributed by atoms with E-state index >= 15 is 0 Å². The molecule has 0 aliphatic heterocycles. The Morgan fingerprint density at radius 2 is 2.05 bits per heavy atom. The van der Waals surface area contributed by atoms with Crippen LogP contribution in [0, 0.1) is 23.7 Å². The first kappa shape index (κ1) is 14.5. The third-order valence-electron chi connectivity index (χ3n) is 4.78. The maximum Gasteiger partial charge on any atom is 0.121 e. The lowest BCUT2D eigenvalue weighted by atomic mass is 9.87. The predicted molar refractivity (Wildman–Crippen MR) is 88.7 cm³/mol. The third-order valence-corrected chi connectivity index (χ3v) is 4.78. The zero-order valence-electron chi connectivity index (χ0n) is 13.4. The Balaban J connectivity index is 1.59. The second-order valence-electron chi connectivity index (χ2n) is 7.11. The van der Waals surface area contributed by atoms with Gasteiger partial charge in [-0.1, -0.05) is 32.1 Å². The minimum Gasteiger partial charge on any atom is -0.493 e. The molecule has 0 spiro atoms. The second-order valence-corrected chi connectivity index (χ2v) is 7.11. The van der Waals surface area contributed by atoms with Gasteiger partial charge in [0, 0.05) is 17.8 Å². The van der Waals surface area contributed by atoms with E-state index in [1.165, 1.54) is 18.5 Å². The highest BCUT2D eigenvalue weighted by atomic mass is 16.5. The van der Waals surface area contributed by atoms with E-state index in [2.05, 4.69) is 56.4 Å². The fourth-order valence-electron chi connectivity index (χ4n) is 3.71. The van der Waals surface area contributed by atoms with E-state index in [0.717, 1.165) is 30.1 Å². The zero-order valence-corrected chi connectivity index (χ0v) is 13.4. The molecule has 0 heterocycles. The lowest BCUT2D eigenvalue weighted by Gasteiger charge is -2.27. The van der Waals surface area contributed by atoms with Crippen LogP contribution in [0.1, 0.15) is 33.6 Å². The molecule has 2 aliphatic rings. The summed E-state index contributed by atoms with van der Waals surface area (Å²) in [6.07, 6.45) is 7.56. The van der Waals surface area contributed by atoms with Crippen LogP contribution in [0.25, 0.3) is 0 Å². The number of ether oxygens (including phenoxy) is 1. The molecule has 2 heteroatoms. The molecule has 4 atom stereocenters. The van der Waals surface area contributed by atoms with Gasteiger partial charge in [-0.2, -0.15) is 0 Å². The summed E-state index contributed by atoms with van der Waals surface area (Å²) in [7, 11) is 0. The van der Waals surface area contributed by atoms with Crippen molar-refractivity contribution in [3.63, 3.8) is 0 Å². The topological polar surface area (TPSA) is 21.3 Å². The van der Waals surface area contributed by atoms with E-state index in [0.29, 0.717) is 12.0 Å². The minimum absolute atomic E-state index is 0.519. The van der Waals surface area contributed by atoms with Crippen LogP contribution in [0.2, 0.25) is 0 Å². The summed E-state index contributed by atoms with van der Waals surface area (Å²) in [6.45, 7) is 7.44. The predicted octanol–water partition coefficient (Wildman–Crippen LogP) is 4.73. The standard InChI is InChI=1S/C19H27NO/c1-13(2)12-21-18-6-4-5-17(11-18)20-14(3)19-10-15-7-8-16(19)9-15/h4-8,11,13-16,19-20H,9-10,12H2,1-3H3. The summed E-state index contributed by atoms with van der Waals surface area (Å²) in [5, 5.41) is 3.68. The van der Waals surface area contributed by atoms with Crippen molar-refractivity contribution in [2.75, 3.05) is 11.9 Å². The fourth-order valence-corrected chi connectivity index (χ4v) is 3.71. The summed E-state index contributed by atoms with van der Waals surface area (Å²) in [6, 6.07) is 8.90. The van der Waals surface area contributed by atoms with Gasteiger partial charge in [0.1, 0.15) is 5.75 Å². The largest absolute Gasteiger partial charge is 0.493 e. The van der Waals surface area contributed by atoms with Crippen molar-refractivity contribution in [3.05, 3.63) is 36.4 Å². The molecule has 1 saturated carbocycles. The molecule has 1 N–H and O–H groups in total. The van der Waals surface area contributed by atoms with Crippen LogP contribution in [0.5, 0.6) is 5.75 Å².